The molecule has 3 aromatic rings. The van der Waals surface area contributed by atoms with Crippen molar-refractivity contribution in [2.45, 2.75) is 13.3 Å². The highest BCUT2D eigenvalue weighted by molar-refractivity contribution is 7.23. The molecule has 4 nitrogen and oxygen atoms in total. The monoisotopic (exact) mass is 322 g/mol. The van der Waals surface area contributed by atoms with Crippen molar-refractivity contribution < 1.29 is 0 Å². The maximum atomic E-state index is 9.04. The topological polar surface area (TPSA) is 73.4 Å². The summed E-state index contributed by atoms with van der Waals surface area (Å²) in [5.74, 6) is 0. The Morgan fingerprint density at radius 3 is 2.32 bits per heavy atom. The SMILES string of the molecule is CCc1ccc(-c2ccc(-c3cnc(C#N)c(C#N)n3)s2)s1. The summed E-state index contributed by atoms with van der Waals surface area (Å²) in [6.45, 7) is 2.14. The Bertz CT molecular complexity index is 909. The van der Waals surface area contributed by atoms with Crippen LogP contribution in [-0.4, -0.2) is 9.97 Å². The molecule has 0 aliphatic rings. The smallest absolute Gasteiger partial charge is 0.177 e. The van der Waals surface area contributed by atoms with Crippen molar-refractivity contribution in [1.82, 2.24) is 9.97 Å². The van der Waals surface area contributed by atoms with E-state index in [9.17, 15) is 0 Å². The summed E-state index contributed by atoms with van der Waals surface area (Å²) in [7, 11) is 0. The summed E-state index contributed by atoms with van der Waals surface area (Å²) >= 11 is 3.40. The van der Waals surface area contributed by atoms with Crippen molar-refractivity contribution in [3.8, 4) is 32.5 Å². The molecule has 0 saturated carbocycles. The second kappa shape index (κ2) is 6.07. The Kier molecular flexibility index (Phi) is 3.97. The molecule has 3 aromatic heterocycles. The number of rotatable bonds is 3. The molecule has 6 heteroatoms. The molecule has 0 amide bonds. The standard InChI is InChI=1S/C16H10N4S2/c1-2-10-3-4-15(21-10)16-6-5-14(22-16)13-9-19-11(7-17)12(8-18)20-13/h3-6,9H,2H2,1H3. The van der Waals surface area contributed by atoms with Crippen LogP contribution in [-0.2, 0) is 6.42 Å². The van der Waals surface area contributed by atoms with Crippen molar-refractivity contribution in [1.29, 1.82) is 10.5 Å². The quantitative estimate of drug-likeness (QED) is 0.723. The van der Waals surface area contributed by atoms with Crippen LogP contribution in [0.3, 0.4) is 0 Å². The third-order valence-electron chi connectivity index (χ3n) is 3.10. The maximum Gasteiger partial charge on any atom is 0.177 e. The molecule has 0 saturated heterocycles. The fourth-order valence-electron chi connectivity index (χ4n) is 1.98. The minimum absolute atomic E-state index is 0.0638. The van der Waals surface area contributed by atoms with Crippen LogP contribution in [0.1, 0.15) is 23.2 Å². The molecule has 0 aliphatic heterocycles. The van der Waals surface area contributed by atoms with E-state index in [2.05, 4.69) is 35.1 Å². The summed E-state index contributed by atoms with van der Waals surface area (Å²) in [5.41, 5.74) is 0.757. The number of hydrogen-bond donors (Lipinski definition) is 0. The number of nitriles is 2. The summed E-state index contributed by atoms with van der Waals surface area (Å²) in [6.07, 6.45) is 2.58. The lowest BCUT2D eigenvalue weighted by Gasteiger charge is -1.97. The molecule has 0 fully saturated rings. The van der Waals surface area contributed by atoms with Crippen molar-refractivity contribution in [2.75, 3.05) is 0 Å². The van der Waals surface area contributed by atoms with E-state index in [4.69, 9.17) is 10.5 Å². The van der Waals surface area contributed by atoms with E-state index in [1.54, 1.807) is 28.9 Å². The van der Waals surface area contributed by atoms with Gasteiger partial charge in [-0.15, -0.1) is 22.7 Å². The van der Waals surface area contributed by atoms with E-state index in [0.717, 1.165) is 11.3 Å². The van der Waals surface area contributed by atoms with Crippen LogP contribution >= 0.6 is 22.7 Å². The first kappa shape index (κ1) is 14.4. The van der Waals surface area contributed by atoms with Crippen LogP contribution in [0.2, 0.25) is 0 Å². The van der Waals surface area contributed by atoms with Gasteiger partial charge in [-0.2, -0.15) is 10.5 Å². The van der Waals surface area contributed by atoms with Gasteiger partial charge in [0, 0.05) is 14.6 Å². The van der Waals surface area contributed by atoms with Crippen molar-refractivity contribution in [2.24, 2.45) is 0 Å². The van der Waals surface area contributed by atoms with Crippen LogP contribution in [0.15, 0.2) is 30.5 Å². The lowest BCUT2D eigenvalue weighted by atomic mass is 10.3. The van der Waals surface area contributed by atoms with E-state index in [-0.39, 0.29) is 11.4 Å². The lowest BCUT2D eigenvalue weighted by molar-refractivity contribution is 1.14. The molecule has 0 spiro atoms. The first-order chi connectivity index (χ1) is 10.7. The van der Waals surface area contributed by atoms with Crippen LogP contribution in [0.25, 0.3) is 20.3 Å². The van der Waals surface area contributed by atoms with Gasteiger partial charge in [-0.1, -0.05) is 6.92 Å². The lowest BCUT2D eigenvalue weighted by Crippen LogP contribution is -1.94. The molecule has 0 bridgehead atoms. The van der Waals surface area contributed by atoms with Crippen molar-refractivity contribution in [3.05, 3.63) is 46.7 Å². The zero-order chi connectivity index (χ0) is 15.5. The first-order valence-electron chi connectivity index (χ1n) is 6.61. The highest BCUT2D eigenvalue weighted by atomic mass is 32.1. The van der Waals surface area contributed by atoms with Gasteiger partial charge in [-0.25, -0.2) is 9.97 Å². The summed E-state index contributed by atoms with van der Waals surface area (Å²) in [4.78, 5) is 12.9. The third-order valence-corrected chi connectivity index (χ3v) is 5.63. The predicted octanol–water partition coefficient (Wildman–Crippen LogP) is 4.24. The molecule has 0 aliphatic carbocycles. The Morgan fingerprint density at radius 2 is 1.64 bits per heavy atom. The Morgan fingerprint density at radius 1 is 0.955 bits per heavy atom. The molecule has 0 radical (unpaired) electrons. The molecule has 106 valence electrons. The number of thiophene rings is 2. The molecular weight excluding hydrogens is 312 g/mol. The summed E-state index contributed by atoms with van der Waals surface area (Å²) in [5, 5.41) is 17.9. The van der Waals surface area contributed by atoms with Gasteiger partial charge in [0.25, 0.3) is 0 Å². The average molecular weight is 322 g/mol. The molecule has 0 atom stereocenters. The molecule has 3 rings (SSSR count). The van der Waals surface area contributed by atoms with E-state index in [0.29, 0.717) is 5.69 Å². The minimum Gasteiger partial charge on any atom is -0.240 e. The number of hydrogen-bond acceptors (Lipinski definition) is 6. The Labute approximate surface area is 136 Å². The highest BCUT2D eigenvalue weighted by Crippen LogP contribution is 2.37. The largest absolute Gasteiger partial charge is 0.240 e. The zero-order valence-corrected chi connectivity index (χ0v) is 13.3. The highest BCUT2D eigenvalue weighted by Gasteiger charge is 2.11. The van der Waals surface area contributed by atoms with Gasteiger partial charge in [-0.3, -0.25) is 0 Å². The number of nitrogens with zero attached hydrogens (tertiary/aromatic N) is 4. The molecule has 0 N–H and O–H groups in total. The average Bonchev–Trinajstić information content (AvgIpc) is 3.22. The first-order valence-corrected chi connectivity index (χ1v) is 8.25. The van der Waals surface area contributed by atoms with Gasteiger partial charge in [0.15, 0.2) is 11.4 Å². The van der Waals surface area contributed by atoms with Crippen LogP contribution in [0.5, 0.6) is 0 Å². The molecule has 22 heavy (non-hydrogen) atoms. The van der Waals surface area contributed by atoms with Gasteiger partial charge in [0.2, 0.25) is 0 Å². The van der Waals surface area contributed by atoms with E-state index >= 15 is 0 Å². The van der Waals surface area contributed by atoms with Crippen LogP contribution in [0, 0.1) is 22.7 Å². The molecular formula is C16H10N4S2. The minimum atomic E-state index is 0.0638. The summed E-state index contributed by atoms with van der Waals surface area (Å²) in [6, 6.07) is 12.1. The van der Waals surface area contributed by atoms with Gasteiger partial charge in [0.05, 0.1) is 11.1 Å². The van der Waals surface area contributed by atoms with E-state index < -0.39 is 0 Å². The van der Waals surface area contributed by atoms with Gasteiger partial charge >= 0.3 is 0 Å². The van der Waals surface area contributed by atoms with Crippen molar-refractivity contribution in [3.63, 3.8) is 0 Å². The van der Waals surface area contributed by atoms with Crippen molar-refractivity contribution >= 4 is 22.7 Å². The fourth-order valence-corrected chi connectivity index (χ4v) is 3.97. The van der Waals surface area contributed by atoms with Crippen LogP contribution < -0.4 is 0 Å². The summed E-state index contributed by atoms with van der Waals surface area (Å²) < 4.78 is 0. The van der Waals surface area contributed by atoms with E-state index in [1.807, 2.05) is 18.2 Å². The van der Waals surface area contributed by atoms with Crippen LogP contribution in [0.4, 0.5) is 0 Å². The van der Waals surface area contributed by atoms with Gasteiger partial charge in [0.1, 0.15) is 17.8 Å². The molecule has 3 heterocycles. The molecule has 0 unspecified atom stereocenters. The maximum absolute atomic E-state index is 9.04. The number of aryl methyl sites for hydroxylation is 1. The zero-order valence-electron chi connectivity index (χ0n) is 11.7. The third kappa shape index (κ3) is 2.62. The fraction of sp³-hybridized carbons (Fsp3) is 0.125. The normalized spacial score (nSPS) is 10.1. The Hall–Kier alpha value is -2.54. The second-order valence-electron chi connectivity index (χ2n) is 4.46. The van der Waals surface area contributed by atoms with E-state index in [1.165, 1.54) is 14.6 Å². The number of aromatic nitrogens is 2. The molecule has 0 aromatic carbocycles. The Balaban J connectivity index is 1.97. The second-order valence-corrected chi connectivity index (χ2v) is 6.71. The van der Waals surface area contributed by atoms with Gasteiger partial charge < -0.3 is 0 Å². The van der Waals surface area contributed by atoms with Gasteiger partial charge in [-0.05, 0) is 30.7 Å². The predicted molar refractivity (Wildman–Crippen MR) is 87.5 cm³/mol.